The van der Waals surface area contributed by atoms with Crippen LogP contribution in [-0.4, -0.2) is 32.6 Å². The summed E-state index contributed by atoms with van der Waals surface area (Å²) in [6, 6.07) is 11.9. The highest BCUT2D eigenvalue weighted by atomic mass is 127. The number of benzene rings is 2. The van der Waals surface area contributed by atoms with Crippen molar-refractivity contribution in [1.29, 1.82) is 0 Å². The van der Waals surface area contributed by atoms with Crippen molar-refractivity contribution in [1.82, 2.24) is 10.6 Å². The van der Waals surface area contributed by atoms with Crippen molar-refractivity contribution in [3.63, 3.8) is 0 Å². The van der Waals surface area contributed by atoms with Crippen LogP contribution in [0.2, 0.25) is 0 Å². The fourth-order valence-corrected chi connectivity index (χ4v) is 2.97. The SMILES string of the molecule is CCNC(=NCc1ccc2c(c1)OCO2)NCCc1ccc2c(c1)OCO2.I. The second-order valence-corrected chi connectivity index (χ2v) is 6.25. The zero-order chi connectivity index (χ0) is 18.5. The van der Waals surface area contributed by atoms with E-state index in [1.54, 1.807) is 0 Å². The molecule has 2 aliphatic rings. The average molecular weight is 497 g/mol. The Morgan fingerprint density at radius 2 is 1.46 bits per heavy atom. The van der Waals surface area contributed by atoms with Crippen LogP contribution in [0.5, 0.6) is 23.0 Å². The summed E-state index contributed by atoms with van der Waals surface area (Å²) < 4.78 is 21.5. The molecule has 0 aromatic heterocycles. The summed E-state index contributed by atoms with van der Waals surface area (Å²) in [7, 11) is 0. The summed E-state index contributed by atoms with van der Waals surface area (Å²) in [5.74, 6) is 3.98. The third kappa shape index (κ3) is 4.92. The van der Waals surface area contributed by atoms with Crippen LogP contribution in [0, 0.1) is 0 Å². The van der Waals surface area contributed by atoms with Crippen molar-refractivity contribution in [3.8, 4) is 23.0 Å². The Balaban J connectivity index is 0.00000225. The van der Waals surface area contributed by atoms with Gasteiger partial charge in [0.2, 0.25) is 13.6 Å². The number of hydrogen-bond donors (Lipinski definition) is 2. The number of ether oxygens (including phenoxy) is 4. The highest BCUT2D eigenvalue weighted by Crippen LogP contribution is 2.33. The molecule has 0 fully saturated rings. The maximum absolute atomic E-state index is 5.43. The summed E-state index contributed by atoms with van der Waals surface area (Å²) in [6.07, 6.45) is 0.866. The molecule has 2 heterocycles. The van der Waals surface area contributed by atoms with Gasteiger partial charge in [0.25, 0.3) is 0 Å². The zero-order valence-corrected chi connectivity index (χ0v) is 18.0. The van der Waals surface area contributed by atoms with Crippen molar-refractivity contribution in [2.45, 2.75) is 19.9 Å². The molecule has 8 heteroatoms. The van der Waals surface area contributed by atoms with E-state index in [1.807, 2.05) is 30.3 Å². The third-order valence-electron chi connectivity index (χ3n) is 4.34. The minimum atomic E-state index is 0. The van der Waals surface area contributed by atoms with E-state index in [1.165, 1.54) is 5.56 Å². The van der Waals surface area contributed by atoms with Gasteiger partial charge in [-0.15, -0.1) is 24.0 Å². The van der Waals surface area contributed by atoms with Gasteiger partial charge in [-0.3, -0.25) is 0 Å². The Bertz CT molecular complexity index is 844. The molecule has 7 nitrogen and oxygen atoms in total. The Hall–Kier alpha value is -2.36. The molecular weight excluding hydrogens is 473 g/mol. The van der Waals surface area contributed by atoms with E-state index in [0.29, 0.717) is 13.3 Å². The lowest BCUT2D eigenvalue weighted by atomic mass is 10.1. The summed E-state index contributed by atoms with van der Waals surface area (Å²) in [5, 5.41) is 6.64. The first-order chi connectivity index (χ1) is 13.3. The monoisotopic (exact) mass is 497 g/mol. The number of halogens is 1. The maximum atomic E-state index is 5.43. The van der Waals surface area contributed by atoms with Gasteiger partial charge in [-0.2, -0.15) is 0 Å². The van der Waals surface area contributed by atoms with Crippen LogP contribution in [0.25, 0.3) is 0 Å². The molecule has 0 aliphatic carbocycles. The summed E-state index contributed by atoms with van der Waals surface area (Å²) in [6.45, 7) is 4.77. The van der Waals surface area contributed by atoms with Crippen LogP contribution in [0.1, 0.15) is 18.1 Å². The first-order valence-electron chi connectivity index (χ1n) is 9.11. The molecule has 0 unspecified atom stereocenters. The van der Waals surface area contributed by atoms with E-state index >= 15 is 0 Å². The van der Waals surface area contributed by atoms with Crippen molar-refractivity contribution in [2.24, 2.45) is 4.99 Å². The van der Waals surface area contributed by atoms with Crippen LogP contribution >= 0.6 is 24.0 Å². The molecule has 0 amide bonds. The fraction of sp³-hybridized carbons (Fsp3) is 0.350. The van der Waals surface area contributed by atoms with Gasteiger partial charge >= 0.3 is 0 Å². The Morgan fingerprint density at radius 3 is 2.14 bits per heavy atom. The van der Waals surface area contributed by atoms with Crippen LogP contribution in [-0.2, 0) is 13.0 Å². The molecule has 28 heavy (non-hydrogen) atoms. The standard InChI is InChI=1S/C20H23N3O4.HI/c1-2-21-20(23-11-15-4-6-17-19(10-15)27-13-25-17)22-8-7-14-3-5-16-18(9-14)26-12-24-16;/h3-6,9-10H,2,7-8,11-13H2,1H3,(H2,21,22,23);1H. The summed E-state index contributed by atoms with van der Waals surface area (Å²) >= 11 is 0. The van der Waals surface area contributed by atoms with E-state index in [9.17, 15) is 0 Å². The normalized spacial score (nSPS) is 13.8. The Labute approximate surface area is 181 Å². The highest BCUT2D eigenvalue weighted by Gasteiger charge is 2.14. The first-order valence-corrected chi connectivity index (χ1v) is 9.11. The highest BCUT2D eigenvalue weighted by molar-refractivity contribution is 14.0. The van der Waals surface area contributed by atoms with Gasteiger partial charge in [0.05, 0.1) is 6.54 Å². The van der Waals surface area contributed by atoms with E-state index in [4.69, 9.17) is 18.9 Å². The molecule has 0 bridgehead atoms. The van der Waals surface area contributed by atoms with E-state index in [-0.39, 0.29) is 30.8 Å². The van der Waals surface area contributed by atoms with E-state index < -0.39 is 0 Å². The molecule has 0 atom stereocenters. The molecular formula is C20H24IN3O4. The number of aliphatic imine (C=N–C) groups is 1. The van der Waals surface area contributed by atoms with Crippen molar-refractivity contribution in [2.75, 3.05) is 26.7 Å². The molecule has 0 radical (unpaired) electrons. The van der Waals surface area contributed by atoms with Crippen LogP contribution < -0.4 is 29.6 Å². The Kier molecular flexibility index (Phi) is 7.07. The van der Waals surface area contributed by atoms with Crippen LogP contribution in [0.4, 0.5) is 0 Å². The molecule has 2 aromatic carbocycles. The molecule has 0 saturated carbocycles. The minimum absolute atomic E-state index is 0. The first kappa shape index (κ1) is 20.4. The van der Waals surface area contributed by atoms with E-state index in [0.717, 1.165) is 54.0 Å². The number of nitrogens with one attached hydrogen (secondary N) is 2. The number of guanidine groups is 1. The Morgan fingerprint density at radius 1 is 0.857 bits per heavy atom. The van der Waals surface area contributed by atoms with Gasteiger partial charge in [-0.05, 0) is 48.7 Å². The topological polar surface area (TPSA) is 73.3 Å². The molecule has 4 rings (SSSR count). The molecule has 2 N–H and O–H groups in total. The number of hydrogen-bond acceptors (Lipinski definition) is 5. The van der Waals surface area contributed by atoms with Crippen LogP contribution in [0.15, 0.2) is 41.4 Å². The van der Waals surface area contributed by atoms with Crippen molar-refractivity contribution < 1.29 is 18.9 Å². The predicted octanol–water partition coefficient (Wildman–Crippen LogP) is 3.06. The number of nitrogens with zero attached hydrogens (tertiary/aromatic N) is 1. The van der Waals surface area contributed by atoms with Gasteiger partial charge in [0.1, 0.15) is 0 Å². The molecule has 0 saturated heterocycles. The van der Waals surface area contributed by atoms with Crippen molar-refractivity contribution >= 4 is 29.9 Å². The zero-order valence-electron chi connectivity index (χ0n) is 15.7. The predicted molar refractivity (Wildman–Crippen MR) is 117 cm³/mol. The van der Waals surface area contributed by atoms with Crippen molar-refractivity contribution in [3.05, 3.63) is 47.5 Å². The average Bonchev–Trinajstić information content (AvgIpc) is 3.34. The van der Waals surface area contributed by atoms with Gasteiger partial charge < -0.3 is 29.6 Å². The fourth-order valence-electron chi connectivity index (χ4n) is 2.97. The lowest BCUT2D eigenvalue weighted by Crippen LogP contribution is -2.38. The minimum Gasteiger partial charge on any atom is -0.454 e. The molecule has 2 aromatic rings. The summed E-state index contributed by atoms with van der Waals surface area (Å²) in [5.41, 5.74) is 2.27. The van der Waals surface area contributed by atoms with Gasteiger partial charge in [0, 0.05) is 13.1 Å². The number of fused-ring (bicyclic) bond motifs is 2. The van der Waals surface area contributed by atoms with Gasteiger partial charge in [0.15, 0.2) is 29.0 Å². The maximum Gasteiger partial charge on any atom is 0.231 e. The number of rotatable bonds is 6. The third-order valence-corrected chi connectivity index (χ3v) is 4.34. The molecule has 2 aliphatic heterocycles. The second kappa shape index (κ2) is 9.72. The lowest BCUT2D eigenvalue weighted by Gasteiger charge is -2.11. The van der Waals surface area contributed by atoms with E-state index in [2.05, 4.69) is 28.6 Å². The quantitative estimate of drug-likeness (QED) is 0.363. The molecule has 150 valence electrons. The smallest absolute Gasteiger partial charge is 0.231 e. The van der Waals surface area contributed by atoms with Crippen LogP contribution in [0.3, 0.4) is 0 Å². The second-order valence-electron chi connectivity index (χ2n) is 6.25. The lowest BCUT2D eigenvalue weighted by molar-refractivity contribution is 0.173. The summed E-state index contributed by atoms with van der Waals surface area (Å²) in [4.78, 5) is 4.65. The van der Waals surface area contributed by atoms with Gasteiger partial charge in [-0.25, -0.2) is 4.99 Å². The largest absolute Gasteiger partial charge is 0.454 e. The molecule has 0 spiro atoms. The van der Waals surface area contributed by atoms with Gasteiger partial charge in [-0.1, -0.05) is 12.1 Å².